The molecule has 3 aromatic rings. The Balaban J connectivity index is 1.66. The van der Waals surface area contributed by atoms with E-state index in [-0.39, 0.29) is 11.4 Å². The van der Waals surface area contributed by atoms with Gasteiger partial charge in [-0.3, -0.25) is 10.1 Å². The van der Waals surface area contributed by atoms with Crippen LogP contribution in [0.1, 0.15) is 5.56 Å². The maximum absolute atomic E-state index is 11.6. The van der Waals surface area contributed by atoms with Crippen LogP contribution >= 0.6 is 0 Å². The molecule has 2 aromatic heterocycles. The van der Waals surface area contributed by atoms with Crippen molar-refractivity contribution in [3.05, 3.63) is 45.9 Å². The Morgan fingerprint density at radius 1 is 1.34 bits per heavy atom. The van der Waals surface area contributed by atoms with Gasteiger partial charge in [0, 0.05) is 37.2 Å². The fourth-order valence-corrected chi connectivity index (χ4v) is 4.10. The maximum Gasteiger partial charge on any atom is 0.311 e. The highest BCUT2D eigenvalue weighted by Gasteiger charge is 2.32. The molecule has 2 N–H and O–H groups in total. The van der Waals surface area contributed by atoms with E-state index in [9.17, 15) is 10.1 Å². The number of nitrogens with zero attached hydrogens (tertiary/aromatic N) is 5. The second kappa shape index (κ2) is 6.43. The molecule has 2 aliphatic rings. The first-order chi connectivity index (χ1) is 14.0. The van der Waals surface area contributed by atoms with Crippen LogP contribution in [0.3, 0.4) is 0 Å². The maximum atomic E-state index is 11.6. The summed E-state index contributed by atoms with van der Waals surface area (Å²) in [5, 5.41) is 14.8. The number of aryl methyl sites for hydroxylation is 1. The molecular weight excluding hydrogens is 374 g/mol. The van der Waals surface area contributed by atoms with E-state index in [1.54, 1.807) is 13.3 Å². The SMILES string of the molecule is COc1c(C)cc(-c2nc(N3CC4=CNCC4C3)nc3[nH]cnc23)cc1[N+](=O)[O-]. The van der Waals surface area contributed by atoms with Gasteiger partial charge in [0.1, 0.15) is 11.2 Å². The third-order valence-electron chi connectivity index (χ3n) is 5.47. The van der Waals surface area contributed by atoms with Crippen molar-refractivity contribution in [1.29, 1.82) is 0 Å². The van der Waals surface area contributed by atoms with Gasteiger partial charge >= 0.3 is 5.69 Å². The molecule has 2 aliphatic heterocycles. The predicted octanol–water partition coefficient (Wildman–Crippen LogP) is 2.17. The summed E-state index contributed by atoms with van der Waals surface area (Å²) in [6.45, 7) is 4.30. The Morgan fingerprint density at radius 2 is 2.21 bits per heavy atom. The summed E-state index contributed by atoms with van der Waals surface area (Å²) < 4.78 is 5.23. The largest absolute Gasteiger partial charge is 0.490 e. The first kappa shape index (κ1) is 17.4. The third-order valence-corrected chi connectivity index (χ3v) is 5.47. The Morgan fingerprint density at radius 3 is 2.97 bits per heavy atom. The zero-order valence-corrected chi connectivity index (χ0v) is 16.0. The molecule has 10 nitrogen and oxygen atoms in total. The van der Waals surface area contributed by atoms with Gasteiger partial charge in [-0.1, -0.05) is 0 Å². The van der Waals surface area contributed by atoms with Crippen molar-refractivity contribution in [3.8, 4) is 17.0 Å². The molecular formula is C19H19N7O3. The van der Waals surface area contributed by atoms with E-state index in [1.807, 2.05) is 6.07 Å². The first-order valence-electron chi connectivity index (χ1n) is 9.27. The molecule has 0 amide bonds. The van der Waals surface area contributed by atoms with E-state index < -0.39 is 4.92 Å². The van der Waals surface area contributed by atoms with Gasteiger partial charge in [0.15, 0.2) is 11.4 Å². The highest BCUT2D eigenvalue weighted by atomic mass is 16.6. The van der Waals surface area contributed by atoms with E-state index >= 15 is 0 Å². The molecule has 1 saturated heterocycles. The number of ether oxygens (including phenoxy) is 1. The van der Waals surface area contributed by atoms with Crippen LogP contribution in [-0.2, 0) is 0 Å². The van der Waals surface area contributed by atoms with Crippen LogP contribution in [0.15, 0.2) is 30.2 Å². The molecule has 0 spiro atoms. The lowest BCUT2D eigenvalue weighted by Gasteiger charge is -2.17. The van der Waals surface area contributed by atoms with Gasteiger partial charge in [0.25, 0.3) is 0 Å². The molecule has 5 rings (SSSR count). The number of aromatic nitrogens is 4. The van der Waals surface area contributed by atoms with E-state index in [2.05, 4.69) is 31.4 Å². The zero-order valence-electron chi connectivity index (χ0n) is 16.0. The monoisotopic (exact) mass is 393 g/mol. The van der Waals surface area contributed by atoms with Gasteiger partial charge in [-0.05, 0) is 30.3 Å². The van der Waals surface area contributed by atoms with Crippen LogP contribution in [0.5, 0.6) is 5.75 Å². The lowest BCUT2D eigenvalue weighted by molar-refractivity contribution is -0.385. The quantitative estimate of drug-likeness (QED) is 0.511. The number of H-pyrrole nitrogens is 1. The van der Waals surface area contributed by atoms with Crippen LogP contribution in [0, 0.1) is 23.0 Å². The first-order valence-corrected chi connectivity index (χ1v) is 9.27. The summed E-state index contributed by atoms with van der Waals surface area (Å²) >= 11 is 0. The van der Waals surface area contributed by atoms with Crippen LogP contribution < -0.4 is 15.0 Å². The number of anilines is 1. The fourth-order valence-electron chi connectivity index (χ4n) is 4.10. The number of benzene rings is 1. The number of rotatable bonds is 4. The summed E-state index contributed by atoms with van der Waals surface area (Å²) in [4.78, 5) is 30.1. The molecule has 29 heavy (non-hydrogen) atoms. The van der Waals surface area contributed by atoms with E-state index in [1.165, 1.54) is 18.7 Å². The smallest absolute Gasteiger partial charge is 0.311 e. The Bertz CT molecular complexity index is 1170. The number of imidazole rings is 1. The van der Waals surface area contributed by atoms with Crippen LogP contribution in [0.2, 0.25) is 0 Å². The van der Waals surface area contributed by atoms with Gasteiger partial charge in [-0.2, -0.15) is 4.98 Å². The van der Waals surface area contributed by atoms with Crippen molar-refractivity contribution in [2.45, 2.75) is 6.92 Å². The topological polar surface area (TPSA) is 122 Å². The van der Waals surface area contributed by atoms with Gasteiger partial charge in [-0.15, -0.1) is 0 Å². The molecule has 0 radical (unpaired) electrons. The lowest BCUT2D eigenvalue weighted by atomic mass is 10.1. The zero-order chi connectivity index (χ0) is 20.1. The molecule has 10 heteroatoms. The predicted molar refractivity (Wildman–Crippen MR) is 107 cm³/mol. The number of fused-ring (bicyclic) bond motifs is 2. The molecule has 1 aromatic carbocycles. The summed E-state index contributed by atoms with van der Waals surface area (Å²) in [7, 11) is 1.43. The number of aromatic amines is 1. The van der Waals surface area contributed by atoms with Crippen LogP contribution in [0.25, 0.3) is 22.4 Å². The van der Waals surface area contributed by atoms with E-state index in [4.69, 9.17) is 9.72 Å². The summed E-state index contributed by atoms with van der Waals surface area (Å²) in [6, 6.07) is 3.31. The Labute approximate surface area is 165 Å². The number of nitro groups is 1. The van der Waals surface area contributed by atoms with Crippen molar-refractivity contribution in [1.82, 2.24) is 25.3 Å². The van der Waals surface area contributed by atoms with E-state index in [0.29, 0.717) is 39.9 Å². The highest BCUT2D eigenvalue weighted by Crippen LogP contribution is 2.37. The molecule has 148 valence electrons. The summed E-state index contributed by atoms with van der Waals surface area (Å²) in [6.07, 6.45) is 3.62. The second-order valence-electron chi connectivity index (χ2n) is 7.28. The van der Waals surface area contributed by atoms with E-state index in [0.717, 1.165) is 19.6 Å². The fraction of sp³-hybridized carbons (Fsp3) is 0.316. The minimum atomic E-state index is -0.444. The minimum absolute atomic E-state index is 0.0988. The van der Waals surface area contributed by atoms with Gasteiger partial charge < -0.3 is 19.9 Å². The van der Waals surface area contributed by atoms with Crippen LogP contribution in [0.4, 0.5) is 11.6 Å². The third kappa shape index (κ3) is 2.75. The molecule has 0 bridgehead atoms. The number of hydrogen-bond donors (Lipinski definition) is 2. The number of nitrogens with one attached hydrogen (secondary N) is 2. The summed E-state index contributed by atoms with van der Waals surface area (Å²) in [5.41, 5.74) is 4.25. The molecule has 0 aliphatic carbocycles. The van der Waals surface area contributed by atoms with Gasteiger partial charge in [-0.25, -0.2) is 9.97 Å². The molecule has 1 atom stereocenters. The number of hydrogen-bond acceptors (Lipinski definition) is 8. The average molecular weight is 393 g/mol. The average Bonchev–Trinajstić information content (AvgIpc) is 3.41. The molecule has 4 heterocycles. The van der Waals surface area contributed by atoms with Crippen molar-refractivity contribution >= 4 is 22.8 Å². The second-order valence-corrected chi connectivity index (χ2v) is 7.28. The lowest BCUT2D eigenvalue weighted by Crippen LogP contribution is -2.25. The minimum Gasteiger partial charge on any atom is -0.490 e. The number of methoxy groups -OCH3 is 1. The summed E-state index contributed by atoms with van der Waals surface area (Å²) in [5.74, 6) is 1.30. The van der Waals surface area contributed by atoms with Gasteiger partial charge in [0.2, 0.25) is 5.95 Å². The molecule has 0 saturated carbocycles. The van der Waals surface area contributed by atoms with Crippen molar-refractivity contribution < 1.29 is 9.66 Å². The highest BCUT2D eigenvalue weighted by molar-refractivity contribution is 5.89. The Kier molecular flexibility index (Phi) is 3.86. The van der Waals surface area contributed by atoms with Crippen molar-refractivity contribution in [2.75, 3.05) is 31.6 Å². The van der Waals surface area contributed by atoms with Crippen LogP contribution in [-0.4, -0.2) is 51.6 Å². The molecule has 1 unspecified atom stereocenters. The van der Waals surface area contributed by atoms with Gasteiger partial charge in [0.05, 0.1) is 18.4 Å². The number of nitro benzene ring substituents is 1. The normalized spacial score (nSPS) is 17.9. The van der Waals surface area contributed by atoms with Crippen molar-refractivity contribution in [3.63, 3.8) is 0 Å². The standard InChI is InChI=1S/C19H19N7O3/c1-10-3-11(4-14(26(27)28)17(10)29-2)15-16-18(22-9-21-16)24-19(23-15)25-7-12-5-20-6-13(12)8-25/h3-5,9,13,20H,6-8H2,1-2H3,(H,21,22,23,24). The van der Waals surface area contributed by atoms with Crippen molar-refractivity contribution in [2.24, 2.45) is 5.92 Å². The Hall–Kier alpha value is -3.69. The molecule has 1 fully saturated rings.